The van der Waals surface area contributed by atoms with Crippen molar-refractivity contribution in [1.82, 2.24) is 15.1 Å². The Bertz CT molecular complexity index is 3010. The standard InChI is InChI=1S/C34H46ClN3O10.C22H30O3.C6H6O.C5H11Cl2N.ClH/c1-18-11-10-12-26(45-9)34(43)17-25(46-32(42)36-34)19(2)30-33(5,48-30)27(47-31(41)20(3)37(6)21(4)39)16-28(40)38(7)23-14-22(13-18)15-24(44-8)29(23)35;1-13-11-16-17(20(3)8-5-15(24)12-19(13)20)6-9-21(4)18(16)7-10-22(21,25)14(2)23;7-6-4-2-1-3-5-6;1-3-8(4-2)5(6)7;/h10-12,14-15,19-20,25-27,30,43H,13,16-17H2,1-9H3,(H,36,42);11-12,16-18,25H,5-10H2,1-4H3;1-5,7H;5H,3-4H2,1-2H3;1H/b12-10-,18-11-;;;;/t19-,20+,25+,26-,27+,30+,33+,34+;16-,17+,18+,20-,21+,22+;;;/m11.../s1. The summed E-state index contributed by atoms with van der Waals surface area (Å²) in [6.07, 6.45) is 10.3. The number of nitrogens with one attached hydrogen (secondary N) is 1. The average molecular weight is 1320 g/mol. The number of hydrogen-bond donors (Lipinski definition) is 4. The molecule has 3 heterocycles. The van der Waals surface area contributed by atoms with E-state index >= 15 is 0 Å². The highest BCUT2D eigenvalue weighted by molar-refractivity contribution is 6.43. The normalized spacial score (nSPS) is 33.3. The molecule has 14 atom stereocenters. The number of fused-ring (bicyclic) bond motifs is 10. The number of alkyl carbamates (subject to hydrolysis) is 1. The molecule has 4 N–H and O–H groups in total. The smallest absolute Gasteiger partial charge is 0.409 e. The number of para-hydroxylation sites is 1. The fourth-order valence-corrected chi connectivity index (χ4v) is 15.1. The molecule has 0 aromatic heterocycles. The van der Waals surface area contributed by atoms with Gasteiger partial charge in [0.15, 0.2) is 22.3 Å². The number of nitrogens with zero attached hydrogens (tertiary/aromatic N) is 3. The lowest BCUT2D eigenvalue weighted by Gasteiger charge is -2.57. The Labute approximate surface area is 547 Å². The highest BCUT2D eigenvalue weighted by Crippen LogP contribution is 2.67. The Morgan fingerprint density at radius 2 is 1.60 bits per heavy atom. The molecule has 2 aromatic rings. The lowest BCUT2D eigenvalue weighted by molar-refractivity contribution is -0.161. The summed E-state index contributed by atoms with van der Waals surface area (Å²) in [6, 6.07) is 11.3. The zero-order chi connectivity index (χ0) is 65.6. The van der Waals surface area contributed by atoms with Crippen molar-refractivity contribution in [1.29, 1.82) is 0 Å². The zero-order valence-electron chi connectivity index (χ0n) is 54.2. The maximum Gasteiger partial charge on any atom is 0.409 e. The molecule has 4 bridgehead atoms. The molecule has 2 saturated heterocycles. The minimum absolute atomic E-state index is 0. The van der Waals surface area contributed by atoms with Gasteiger partial charge < -0.3 is 48.8 Å². The number of benzene rings is 2. The lowest BCUT2D eigenvalue weighted by atomic mass is 9.47. The first-order chi connectivity index (χ1) is 41.2. The van der Waals surface area contributed by atoms with Crippen molar-refractivity contribution < 1.29 is 67.8 Å². The predicted octanol–water partition coefficient (Wildman–Crippen LogP) is 11.4. The van der Waals surface area contributed by atoms with Gasteiger partial charge in [-0.15, -0.1) is 12.4 Å². The summed E-state index contributed by atoms with van der Waals surface area (Å²) in [5.41, 5.74) is 0.190. The SMILES string of the molecule is CC(=O)[C@@]1(O)CC[C@H]2[C@@H]3C=C(C)C4=CC(=O)CC[C@]4(C)[C@H]3CC[C@@]21C.CCN(CC)C(Cl)Cl.COc1cc2cc(c1Cl)N(C)C(=O)C[C@H](OC(=O)[C@H](C)N(C)C(C)=O)[C@]1(C)O[C@H]1[C@H](C)[C@@H]1C[C@@](O)(NC(=O)O1)[C@H](OC)/C=C\C=C(\C)C2.Cl.Oc1ccccc1. The van der Waals surface area contributed by atoms with Gasteiger partial charge in [-0.2, -0.15) is 0 Å². The first kappa shape index (κ1) is 74.7. The number of ketones is 2. The average Bonchev–Trinajstić information content (AvgIpc) is 1.64. The second-order valence-electron chi connectivity index (χ2n) is 25.4. The van der Waals surface area contributed by atoms with Crippen molar-refractivity contribution in [2.45, 2.75) is 186 Å². The minimum Gasteiger partial charge on any atom is -0.508 e. The van der Waals surface area contributed by atoms with Gasteiger partial charge >= 0.3 is 12.1 Å². The molecule has 7 aliphatic rings. The molecule has 18 nitrogen and oxygen atoms in total. The van der Waals surface area contributed by atoms with Crippen molar-refractivity contribution in [2.24, 2.45) is 34.5 Å². The molecular formula is C67H94Cl4N4O14. The molecule has 22 heteroatoms. The number of ether oxygens (including phenoxy) is 5. The summed E-state index contributed by atoms with van der Waals surface area (Å²) in [5, 5.41) is 34.2. The molecule has 4 aliphatic carbocycles. The van der Waals surface area contributed by atoms with Crippen LogP contribution in [-0.4, -0.2) is 154 Å². The molecule has 4 fully saturated rings. The maximum atomic E-state index is 14.0. The number of carbonyl (C=O) groups is 6. The third-order valence-corrected chi connectivity index (χ3v) is 21.0. The molecule has 3 aliphatic heterocycles. The van der Waals surface area contributed by atoms with Crippen molar-refractivity contribution >= 4 is 88.3 Å². The molecule has 89 heavy (non-hydrogen) atoms. The van der Waals surface area contributed by atoms with Crippen LogP contribution in [0.4, 0.5) is 10.5 Å². The van der Waals surface area contributed by atoms with Gasteiger partial charge in [0.05, 0.1) is 25.3 Å². The van der Waals surface area contributed by atoms with Crippen LogP contribution in [0.25, 0.3) is 0 Å². The molecule has 0 unspecified atom stereocenters. The van der Waals surface area contributed by atoms with E-state index in [0.717, 1.165) is 49.9 Å². The summed E-state index contributed by atoms with van der Waals surface area (Å²) in [5.74, 6) is 0.152. The number of anilines is 1. The van der Waals surface area contributed by atoms with E-state index in [1.165, 1.54) is 56.1 Å². The number of hydrogen-bond acceptors (Lipinski definition) is 15. The van der Waals surface area contributed by atoms with Gasteiger partial charge in [0.2, 0.25) is 11.8 Å². The molecule has 2 aromatic carbocycles. The van der Waals surface area contributed by atoms with Crippen LogP contribution in [0.1, 0.15) is 133 Å². The summed E-state index contributed by atoms with van der Waals surface area (Å²) < 4.78 is 28.9. The first-order valence-electron chi connectivity index (χ1n) is 30.5. The highest BCUT2D eigenvalue weighted by atomic mass is 35.5. The second-order valence-corrected chi connectivity index (χ2v) is 26.8. The number of methoxy groups -OCH3 is 2. The van der Waals surface area contributed by atoms with Crippen LogP contribution in [0.15, 0.2) is 89.6 Å². The van der Waals surface area contributed by atoms with Gasteiger partial charge in [-0.1, -0.05) is 123 Å². The summed E-state index contributed by atoms with van der Waals surface area (Å²) >= 11 is 17.8. The number of Topliss-reactive ketones (excluding diaryl/α,β-unsaturated/α-hetero) is 1. The molecule has 2 saturated carbocycles. The van der Waals surface area contributed by atoms with E-state index in [2.05, 4.69) is 32.2 Å². The lowest BCUT2D eigenvalue weighted by Crippen LogP contribution is -2.63. The number of epoxide rings is 1. The van der Waals surface area contributed by atoms with Crippen LogP contribution >= 0.6 is 47.2 Å². The summed E-state index contributed by atoms with van der Waals surface area (Å²) in [6.45, 7) is 22.3. The van der Waals surface area contributed by atoms with E-state index in [1.807, 2.05) is 43.9 Å². The zero-order valence-corrected chi connectivity index (χ0v) is 57.3. The Morgan fingerprint density at radius 3 is 2.15 bits per heavy atom. The van der Waals surface area contributed by atoms with Gasteiger partial charge in [0, 0.05) is 52.3 Å². The Hall–Kier alpha value is -5.02. The largest absolute Gasteiger partial charge is 0.508 e. The molecular weight excluding hydrogens is 1230 g/mol. The van der Waals surface area contributed by atoms with Crippen molar-refractivity contribution in [3.63, 3.8) is 0 Å². The summed E-state index contributed by atoms with van der Waals surface area (Å²) in [7, 11) is 5.97. The van der Waals surface area contributed by atoms with E-state index in [4.69, 9.17) is 63.6 Å². The highest BCUT2D eigenvalue weighted by Gasteiger charge is 2.66. The fourth-order valence-electron chi connectivity index (χ4n) is 14.2. The quantitative estimate of drug-likeness (QED) is 0.0791. The van der Waals surface area contributed by atoms with E-state index < -0.39 is 71.3 Å². The van der Waals surface area contributed by atoms with Crippen molar-refractivity contribution in [3.05, 3.63) is 100 Å². The van der Waals surface area contributed by atoms with Gasteiger partial charge in [0.25, 0.3) is 0 Å². The number of phenols is 1. The number of phenolic OH excluding ortho intramolecular Hbond substituents is 1. The Balaban J connectivity index is 0.000000287. The van der Waals surface area contributed by atoms with Crippen LogP contribution in [0, 0.1) is 34.5 Å². The van der Waals surface area contributed by atoms with Crippen LogP contribution in [0.5, 0.6) is 11.5 Å². The number of likely N-dealkylation sites (N-methyl/N-ethyl adjacent to an activating group) is 1. The van der Waals surface area contributed by atoms with Gasteiger partial charge in [-0.3, -0.25) is 29.4 Å². The van der Waals surface area contributed by atoms with Gasteiger partial charge in [0.1, 0.15) is 52.1 Å². The number of amides is 3. The monoisotopic (exact) mass is 1320 g/mol. The van der Waals surface area contributed by atoms with E-state index in [0.29, 0.717) is 54.2 Å². The molecule has 494 valence electrons. The number of aromatic hydroxyl groups is 1. The second kappa shape index (κ2) is 30.6. The summed E-state index contributed by atoms with van der Waals surface area (Å²) in [4.78, 5) is 80.6. The van der Waals surface area contributed by atoms with Crippen LogP contribution in [-0.2, 0) is 49.3 Å². The molecule has 3 amide bonds. The fraction of sp³-hybridized carbons (Fsp3) is 0.612. The number of rotatable bonds is 9. The van der Waals surface area contributed by atoms with E-state index in [1.54, 1.807) is 76.4 Å². The Kier molecular flexibility index (Phi) is 25.7. The maximum absolute atomic E-state index is 14.0. The topological polar surface area (TPSA) is 234 Å². The third kappa shape index (κ3) is 16.3. The van der Waals surface area contributed by atoms with Crippen molar-refractivity contribution in [2.75, 3.05) is 46.3 Å². The third-order valence-electron chi connectivity index (χ3n) is 20.0. The number of carbonyl (C=O) groups excluding carboxylic acids is 6. The van der Waals surface area contributed by atoms with Crippen LogP contribution in [0.2, 0.25) is 5.02 Å². The number of alkyl halides is 2. The van der Waals surface area contributed by atoms with E-state index in [9.17, 15) is 39.0 Å². The number of esters is 1. The Morgan fingerprint density at radius 1 is 0.955 bits per heavy atom. The molecule has 0 spiro atoms. The van der Waals surface area contributed by atoms with Crippen molar-refractivity contribution in [3.8, 4) is 11.5 Å². The van der Waals surface area contributed by atoms with Crippen LogP contribution < -0.4 is 15.0 Å². The van der Waals surface area contributed by atoms with E-state index in [-0.39, 0.29) is 63.5 Å². The number of halogens is 4. The minimum atomic E-state index is -1.81. The predicted molar refractivity (Wildman–Crippen MR) is 347 cm³/mol. The van der Waals surface area contributed by atoms with Gasteiger partial charge in [-0.25, -0.2) is 9.59 Å². The first-order valence-corrected chi connectivity index (χ1v) is 31.7. The molecule has 0 radical (unpaired) electrons. The van der Waals surface area contributed by atoms with Gasteiger partial charge in [-0.05, 0) is 151 Å². The number of aliphatic hydroxyl groups is 2. The number of allylic oxidation sites excluding steroid dienone is 7. The van der Waals surface area contributed by atoms with Crippen LogP contribution in [0.3, 0.4) is 0 Å². The molecule has 9 rings (SSSR count).